The molecule has 1 atom stereocenters. The molecule has 24 heavy (non-hydrogen) atoms. The second kappa shape index (κ2) is 6.88. The lowest BCUT2D eigenvalue weighted by Gasteiger charge is -2.30. The molecule has 1 aromatic carbocycles. The van der Waals surface area contributed by atoms with Crippen LogP contribution in [-0.4, -0.2) is 41.7 Å². The summed E-state index contributed by atoms with van der Waals surface area (Å²) in [5.74, 6) is 0.908. The van der Waals surface area contributed by atoms with Crippen LogP contribution < -0.4 is 5.32 Å². The Labute approximate surface area is 144 Å². The highest BCUT2D eigenvalue weighted by Gasteiger charge is 2.25. The number of benzene rings is 1. The van der Waals surface area contributed by atoms with E-state index in [9.17, 15) is 4.39 Å². The van der Waals surface area contributed by atoms with Crippen LogP contribution in [0.1, 0.15) is 23.3 Å². The highest BCUT2D eigenvalue weighted by atomic mass is 35.5. The van der Waals surface area contributed by atoms with Gasteiger partial charge in [-0.25, -0.2) is 4.39 Å². The summed E-state index contributed by atoms with van der Waals surface area (Å²) in [6, 6.07) is 4.63. The molecule has 1 aliphatic heterocycles. The van der Waals surface area contributed by atoms with Crippen molar-refractivity contribution < 1.29 is 13.3 Å². The predicted molar refractivity (Wildman–Crippen MR) is 88.8 cm³/mol. The van der Waals surface area contributed by atoms with Gasteiger partial charge in [-0.2, -0.15) is 4.98 Å². The van der Waals surface area contributed by atoms with Crippen LogP contribution in [-0.2, 0) is 6.42 Å². The fraction of sp³-hybridized carbons (Fsp3) is 0.375. The molecule has 0 spiro atoms. The largest absolute Gasteiger partial charge is 0.464 e. The number of aromatic nitrogens is 2. The summed E-state index contributed by atoms with van der Waals surface area (Å²) < 4.78 is 24.0. The topological polar surface area (TPSA) is 67.3 Å². The first-order valence-corrected chi connectivity index (χ1v) is 7.60. The average molecular weight is 353 g/mol. The number of nitrogens with one attached hydrogen (secondary N) is 1. The molecule has 1 aliphatic rings. The Balaban J connectivity index is 0.00000169. The van der Waals surface area contributed by atoms with Crippen molar-refractivity contribution in [3.63, 3.8) is 0 Å². The summed E-state index contributed by atoms with van der Waals surface area (Å²) in [7, 11) is 2.06. The van der Waals surface area contributed by atoms with Crippen LogP contribution in [0.25, 0.3) is 11.0 Å². The predicted octanol–water partition coefficient (Wildman–Crippen LogP) is 2.54. The third-order valence-electron chi connectivity index (χ3n) is 4.25. The van der Waals surface area contributed by atoms with E-state index in [4.69, 9.17) is 8.94 Å². The molecule has 0 aliphatic carbocycles. The van der Waals surface area contributed by atoms with Crippen molar-refractivity contribution >= 4 is 23.4 Å². The van der Waals surface area contributed by atoms with Crippen molar-refractivity contribution in [2.75, 3.05) is 26.7 Å². The summed E-state index contributed by atoms with van der Waals surface area (Å²) in [5.41, 5.74) is 1.43. The number of furan rings is 1. The van der Waals surface area contributed by atoms with Crippen molar-refractivity contribution in [1.82, 2.24) is 20.4 Å². The normalized spacial score (nSPS) is 18.7. The van der Waals surface area contributed by atoms with E-state index in [2.05, 4.69) is 27.4 Å². The molecule has 8 heteroatoms. The van der Waals surface area contributed by atoms with Gasteiger partial charge in [-0.15, -0.1) is 12.4 Å². The molecule has 1 unspecified atom stereocenters. The minimum atomic E-state index is -0.314. The molecular formula is C16H18ClFN4O2. The maximum Gasteiger partial charge on any atom is 0.231 e. The van der Waals surface area contributed by atoms with Crippen LogP contribution >= 0.6 is 12.4 Å². The second-order valence-corrected chi connectivity index (χ2v) is 5.83. The van der Waals surface area contributed by atoms with Crippen molar-refractivity contribution in [1.29, 1.82) is 0 Å². The van der Waals surface area contributed by atoms with Gasteiger partial charge in [-0.1, -0.05) is 5.16 Å². The number of halogens is 2. The number of fused-ring (bicyclic) bond motifs is 1. The van der Waals surface area contributed by atoms with E-state index in [0.29, 0.717) is 23.7 Å². The maximum atomic E-state index is 13.2. The molecule has 0 amide bonds. The maximum absolute atomic E-state index is 13.2. The fourth-order valence-corrected chi connectivity index (χ4v) is 2.93. The highest BCUT2D eigenvalue weighted by Crippen LogP contribution is 2.25. The van der Waals surface area contributed by atoms with Gasteiger partial charge in [0.05, 0.1) is 18.7 Å². The molecule has 6 nitrogen and oxygen atoms in total. The van der Waals surface area contributed by atoms with E-state index < -0.39 is 0 Å². The zero-order valence-electron chi connectivity index (χ0n) is 13.2. The molecule has 0 bridgehead atoms. The summed E-state index contributed by atoms with van der Waals surface area (Å²) in [6.45, 7) is 2.73. The van der Waals surface area contributed by atoms with Gasteiger partial charge in [0.1, 0.15) is 11.4 Å². The Bertz CT molecular complexity index is 834. The molecule has 1 saturated heterocycles. The standard InChI is InChI=1S/C16H17FN4O2.ClH/c1-21-5-4-18-8-13(21)16-19-15(23-20-16)6-10-9-22-14-7-11(17)2-3-12(10)14;/h2-3,7,9,13,18H,4-6,8H2,1H3;1H. The van der Waals surface area contributed by atoms with E-state index in [1.54, 1.807) is 12.3 Å². The van der Waals surface area contributed by atoms with E-state index in [0.717, 1.165) is 30.6 Å². The van der Waals surface area contributed by atoms with Gasteiger partial charge in [0.25, 0.3) is 0 Å². The van der Waals surface area contributed by atoms with E-state index in [1.165, 1.54) is 12.1 Å². The van der Waals surface area contributed by atoms with Gasteiger partial charge >= 0.3 is 0 Å². The van der Waals surface area contributed by atoms with Gasteiger partial charge in [0, 0.05) is 36.7 Å². The van der Waals surface area contributed by atoms with Gasteiger partial charge in [-0.05, 0) is 19.2 Å². The van der Waals surface area contributed by atoms with Crippen LogP contribution in [0.15, 0.2) is 33.4 Å². The van der Waals surface area contributed by atoms with E-state index in [-0.39, 0.29) is 24.3 Å². The number of hydrogen-bond acceptors (Lipinski definition) is 6. The van der Waals surface area contributed by atoms with Crippen LogP contribution in [0.3, 0.4) is 0 Å². The zero-order valence-corrected chi connectivity index (χ0v) is 14.0. The number of nitrogens with zero attached hydrogens (tertiary/aromatic N) is 3. The van der Waals surface area contributed by atoms with Crippen molar-refractivity contribution in [3.8, 4) is 0 Å². The number of rotatable bonds is 3. The molecule has 4 rings (SSSR count). The Morgan fingerprint density at radius 2 is 2.29 bits per heavy atom. The SMILES string of the molecule is CN1CCNCC1c1noc(Cc2coc3cc(F)ccc23)n1.Cl. The minimum Gasteiger partial charge on any atom is -0.464 e. The smallest absolute Gasteiger partial charge is 0.231 e. The third-order valence-corrected chi connectivity index (χ3v) is 4.25. The number of hydrogen-bond donors (Lipinski definition) is 1. The lowest BCUT2D eigenvalue weighted by molar-refractivity contribution is 0.190. The quantitative estimate of drug-likeness (QED) is 0.781. The van der Waals surface area contributed by atoms with Gasteiger partial charge in [0.15, 0.2) is 5.82 Å². The molecule has 3 heterocycles. The number of likely N-dealkylation sites (N-methyl/N-ethyl adjacent to an activating group) is 1. The first-order chi connectivity index (χ1) is 11.2. The average Bonchev–Trinajstić information content (AvgIpc) is 3.15. The number of piperazine rings is 1. The first kappa shape index (κ1) is 16.9. The third kappa shape index (κ3) is 3.15. The summed E-state index contributed by atoms with van der Waals surface area (Å²) >= 11 is 0. The van der Waals surface area contributed by atoms with Gasteiger partial charge < -0.3 is 14.3 Å². The highest BCUT2D eigenvalue weighted by molar-refractivity contribution is 5.85. The lowest BCUT2D eigenvalue weighted by atomic mass is 10.1. The zero-order chi connectivity index (χ0) is 15.8. The lowest BCUT2D eigenvalue weighted by Crippen LogP contribution is -2.44. The van der Waals surface area contributed by atoms with Crippen LogP contribution in [0.5, 0.6) is 0 Å². The first-order valence-electron chi connectivity index (χ1n) is 7.60. The monoisotopic (exact) mass is 352 g/mol. The Kier molecular flexibility index (Phi) is 4.84. The molecular weight excluding hydrogens is 335 g/mol. The van der Waals surface area contributed by atoms with E-state index >= 15 is 0 Å². The molecule has 2 aromatic heterocycles. The molecule has 1 N–H and O–H groups in total. The molecule has 3 aromatic rings. The van der Waals surface area contributed by atoms with Crippen molar-refractivity contribution in [2.24, 2.45) is 0 Å². The van der Waals surface area contributed by atoms with Crippen molar-refractivity contribution in [3.05, 3.63) is 47.6 Å². The fourth-order valence-electron chi connectivity index (χ4n) is 2.93. The van der Waals surface area contributed by atoms with Crippen molar-refractivity contribution in [2.45, 2.75) is 12.5 Å². The molecule has 128 valence electrons. The second-order valence-electron chi connectivity index (χ2n) is 5.83. The molecule has 1 fully saturated rings. The summed E-state index contributed by atoms with van der Waals surface area (Å²) in [5, 5.41) is 8.30. The Hall–Kier alpha value is -1.96. The summed E-state index contributed by atoms with van der Waals surface area (Å²) in [4.78, 5) is 6.72. The minimum absolute atomic E-state index is 0. The molecule has 0 saturated carbocycles. The van der Waals surface area contributed by atoms with Crippen LogP contribution in [0, 0.1) is 5.82 Å². The summed E-state index contributed by atoms with van der Waals surface area (Å²) in [6.07, 6.45) is 2.08. The van der Waals surface area contributed by atoms with Crippen LogP contribution in [0.2, 0.25) is 0 Å². The van der Waals surface area contributed by atoms with Crippen LogP contribution in [0.4, 0.5) is 4.39 Å². The Morgan fingerprint density at radius 3 is 3.12 bits per heavy atom. The van der Waals surface area contributed by atoms with E-state index in [1.807, 2.05) is 0 Å². The Morgan fingerprint density at radius 1 is 1.42 bits per heavy atom. The molecule has 0 radical (unpaired) electrons. The van der Waals surface area contributed by atoms with Gasteiger partial charge in [-0.3, -0.25) is 4.90 Å². The van der Waals surface area contributed by atoms with Gasteiger partial charge in [0.2, 0.25) is 5.89 Å².